The zero-order valence-corrected chi connectivity index (χ0v) is 15.1. The van der Waals surface area contributed by atoms with Crippen LogP contribution in [0.3, 0.4) is 0 Å². The number of carbonyl (C=O) groups is 1. The minimum absolute atomic E-state index is 0.0844. The Morgan fingerprint density at radius 1 is 1.21 bits per heavy atom. The first-order valence-electron chi connectivity index (χ1n) is 7.47. The van der Waals surface area contributed by atoms with Crippen LogP contribution in [0.15, 0.2) is 35.1 Å². The Morgan fingerprint density at radius 3 is 2.42 bits per heavy atom. The molecule has 1 atom stereocenters. The molecular weight excluding hydrogens is 351 g/mol. The number of aromatic nitrogens is 2. The van der Waals surface area contributed by atoms with Crippen molar-refractivity contribution in [2.45, 2.75) is 33.4 Å². The van der Waals surface area contributed by atoms with Crippen molar-refractivity contribution >= 4 is 29.2 Å². The molecule has 0 aliphatic carbocycles. The molecule has 0 aliphatic heterocycles. The summed E-state index contributed by atoms with van der Waals surface area (Å²) in [4.78, 5) is 28.7. The molecule has 128 valence electrons. The maximum atomic E-state index is 12.6. The normalized spacial score (nSPS) is 12.2. The largest absolute Gasteiger partial charge is 0.459 e. The Bertz CT molecular complexity index is 788. The third-order valence-corrected chi connectivity index (χ3v) is 4.23. The number of hydrogen-bond donors (Lipinski definition) is 0. The number of esters is 1. The van der Waals surface area contributed by atoms with E-state index < -0.39 is 17.6 Å². The summed E-state index contributed by atoms with van der Waals surface area (Å²) in [6.45, 7) is 5.39. The van der Waals surface area contributed by atoms with E-state index in [4.69, 9.17) is 27.9 Å². The average molecular weight is 369 g/mol. The number of nitrogens with zero attached hydrogens (tertiary/aromatic N) is 2. The zero-order chi connectivity index (χ0) is 17.9. The predicted molar refractivity (Wildman–Crippen MR) is 93.4 cm³/mol. The fourth-order valence-corrected chi connectivity index (χ4v) is 2.79. The lowest BCUT2D eigenvalue weighted by Crippen LogP contribution is -2.36. The summed E-state index contributed by atoms with van der Waals surface area (Å²) < 4.78 is 6.65. The van der Waals surface area contributed by atoms with E-state index in [1.54, 1.807) is 6.92 Å². The van der Waals surface area contributed by atoms with Crippen molar-refractivity contribution < 1.29 is 9.53 Å². The Hall–Kier alpha value is -1.85. The van der Waals surface area contributed by atoms with E-state index in [0.29, 0.717) is 5.69 Å². The smallest absolute Gasteiger partial charge is 0.329 e. The second-order valence-corrected chi connectivity index (χ2v) is 6.45. The molecule has 0 radical (unpaired) electrons. The molecule has 0 fully saturated rings. The molecular formula is C17H18Cl2N2O3. The number of benzene rings is 1. The van der Waals surface area contributed by atoms with E-state index in [1.165, 1.54) is 4.57 Å². The van der Waals surface area contributed by atoms with Crippen molar-refractivity contribution in [3.63, 3.8) is 0 Å². The topological polar surface area (TPSA) is 61.2 Å². The van der Waals surface area contributed by atoms with Crippen LogP contribution in [0.25, 0.3) is 0 Å². The van der Waals surface area contributed by atoms with Gasteiger partial charge in [0.15, 0.2) is 5.15 Å². The van der Waals surface area contributed by atoms with Gasteiger partial charge in [0, 0.05) is 0 Å². The van der Waals surface area contributed by atoms with E-state index in [-0.39, 0.29) is 22.8 Å². The Kier molecular flexibility index (Phi) is 6.02. The van der Waals surface area contributed by atoms with Gasteiger partial charge >= 0.3 is 5.97 Å². The number of carbonyl (C=O) groups excluding carboxylic acids is 1. The summed E-state index contributed by atoms with van der Waals surface area (Å²) in [5.74, 6) is -0.711. The number of halogens is 2. The second-order valence-electron chi connectivity index (χ2n) is 5.74. The van der Waals surface area contributed by atoms with Crippen LogP contribution in [-0.2, 0) is 16.1 Å². The van der Waals surface area contributed by atoms with Crippen molar-refractivity contribution in [1.29, 1.82) is 0 Å². The van der Waals surface area contributed by atoms with Crippen molar-refractivity contribution in [2.75, 3.05) is 0 Å². The highest BCUT2D eigenvalue weighted by Gasteiger charge is 2.30. The maximum Gasteiger partial charge on any atom is 0.329 e. The fraction of sp³-hybridized carbons (Fsp3) is 0.353. The van der Waals surface area contributed by atoms with Crippen LogP contribution in [-0.4, -0.2) is 15.5 Å². The van der Waals surface area contributed by atoms with Gasteiger partial charge in [0.05, 0.1) is 5.69 Å². The summed E-state index contributed by atoms with van der Waals surface area (Å²) in [5, 5.41) is -0.187. The number of rotatable bonds is 5. The van der Waals surface area contributed by atoms with Gasteiger partial charge in [-0.15, -0.1) is 0 Å². The van der Waals surface area contributed by atoms with Crippen LogP contribution in [0.4, 0.5) is 0 Å². The van der Waals surface area contributed by atoms with Crippen LogP contribution in [0.1, 0.15) is 31.1 Å². The first-order chi connectivity index (χ1) is 11.3. The Balaban J connectivity index is 2.33. The van der Waals surface area contributed by atoms with Crippen LogP contribution in [0, 0.1) is 12.8 Å². The van der Waals surface area contributed by atoms with Crippen LogP contribution in [0.5, 0.6) is 0 Å². The molecule has 0 aliphatic rings. The molecule has 2 aromatic rings. The summed E-state index contributed by atoms with van der Waals surface area (Å²) in [7, 11) is 0. The number of ether oxygens (including phenoxy) is 1. The maximum absolute atomic E-state index is 12.6. The highest BCUT2D eigenvalue weighted by Crippen LogP contribution is 2.24. The summed E-state index contributed by atoms with van der Waals surface area (Å²) in [6.07, 6.45) is 0. The van der Waals surface area contributed by atoms with E-state index >= 15 is 0 Å². The number of hydrogen-bond acceptors (Lipinski definition) is 4. The van der Waals surface area contributed by atoms with Crippen molar-refractivity contribution in [1.82, 2.24) is 9.55 Å². The quantitative estimate of drug-likeness (QED) is 0.753. The monoisotopic (exact) mass is 368 g/mol. The average Bonchev–Trinajstić information content (AvgIpc) is 2.55. The third-order valence-electron chi connectivity index (χ3n) is 3.63. The molecule has 1 aromatic heterocycles. The van der Waals surface area contributed by atoms with Gasteiger partial charge in [0.1, 0.15) is 17.8 Å². The lowest BCUT2D eigenvalue weighted by molar-refractivity contribution is -0.150. The molecule has 1 aromatic carbocycles. The van der Waals surface area contributed by atoms with Gasteiger partial charge in [-0.3, -0.25) is 9.36 Å². The highest BCUT2D eigenvalue weighted by atomic mass is 35.5. The first-order valence-corrected chi connectivity index (χ1v) is 8.23. The van der Waals surface area contributed by atoms with Gasteiger partial charge in [-0.05, 0) is 18.4 Å². The molecule has 2 rings (SSSR count). The van der Waals surface area contributed by atoms with Gasteiger partial charge in [0.25, 0.3) is 5.56 Å². The molecule has 0 saturated carbocycles. The van der Waals surface area contributed by atoms with Gasteiger partial charge in [-0.25, -0.2) is 9.78 Å². The van der Waals surface area contributed by atoms with Crippen molar-refractivity contribution in [3.8, 4) is 0 Å². The van der Waals surface area contributed by atoms with Crippen LogP contribution >= 0.6 is 23.2 Å². The first kappa shape index (κ1) is 18.5. The van der Waals surface area contributed by atoms with E-state index in [9.17, 15) is 9.59 Å². The predicted octanol–water partition coefficient (Wildman–Crippen LogP) is 3.80. The molecule has 5 nitrogen and oxygen atoms in total. The minimum atomic E-state index is -0.834. The second kappa shape index (κ2) is 7.81. The van der Waals surface area contributed by atoms with E-state index in [2.05, 4.69) is 4.98 Å². The van der Waals surface area contributed by atoms with Gasteiger partial charge in [-0.1, -0.05) is 67.4 Å². The van der Waals surface area contributed by atoms with Gasteiger partial charge in [0.2, 0.25) is 0 Å². The minimum Gasteiger partial charge on any atom is -0.459 e. The summed E-state index contributed by atoms with van der Waals surface area (Å²) >= 11 is 11.8. The summed E-state index contributed by atoms with van der Waals surface area (Å²) in [6, 6.07) is 8.48. The van der Waals surface area contributed by atoms with Gasteiger partial charge < -0.3 is 4.74 Å². The molecule has 0 N–H and O–H groups in total. The van der Waals surface area contributed by atoms with E-state index in [0.717, 1.165) is 5.56 Å². The lowest BCUT2D eigenvalue weighted by atomic mass is 10.0. The molecule has 0 spiro atoms. The highest BCUT2D eigenvalue weighted by molar-refractivity contribution is 6.32. The SMILES string of the molecule is Cc1c(Cl)nc(Cl)c(=O)n1[C@H](C(=O)OCc1ccccc1)C(C)C. The molecule has 1 heterocycles. The van der Waals surface area contributed by atoms with Crippen molar-refractivity contribution in [3.05, 3.63) is 62.2 Å². The van der Waals surface area contributed by atoms with Gasteiger partial charge in [-0.2, -0.15) is 0 Å². The standard InChI is InChI=1S/C17H18Cl2N2O3/c1-10(2)13(17(23)24-9-12-7-5-4-6-8-12)21-11(3)14(18)20-15(19)16(21)22/h4-8,10,13H,9H2,1-3H3/t13-/m0/s1. The zero-order valence-electron chi connectivity index (χ0n) is 13.6. The Morgan fingerprint density at radius 2 is 1.83 bits per heavy atom. The lowest BCUT2D eigenvalue weighted by Gasteiger charge is -2.24. The van der Waals surface area contributed by atoms with Crippen LogP contribution in [0.2, 0.25) is 10.3 Å². The molecule has 7 heteroatoms. The van der Waals surface area contributed by atoms with E-state index in [1.807, 2.05) is 44.2 Å². The Labute approximate surface area is 150 Å². The molecule has 0 amide bonds. The van der Waals surface area contributed by atoms with Crippen molar-refractivity contribution in [2.24, 2.45) is 5.92 Å². The van der Waals surface area contributed by atoms with Crippen LogP contribution < -0.4 is 5.56 Å². The third kappa shape index (κ3) is 3.97. The summed E-state index contributed by atoms with van der Waals surface area (Å²) in [5.41, 5.74) is 0.679. The fourth-order valence-electron chi connectivity index (χ4n) is 2.39. The molecule has 24 heavy (non-hydrogen) atoms. The molecule has 0 saturated heterocycles. The molecule has 0 bridgehead atoms. The molecule has 0 unspecified atom stereocenters.